The highest BCUT2D eigenvalue weighted by Gasteiger charge is 2.18. The van der Waals surface area contributed by atoms with E-state index in [2.05, 4.69) is 10.6 Å². The second-order valence-electron chi connectivity index (χ2n) is 6.69. The molecule has 1 aliphatic rings. The van der Waals surface area contributed by atoms with Crippen molar-refractivity contribution >= 4 is 29.1 Å². The number of hydrogen-bond donors (Lipinski definition) is 2. The zero-order chi connectivity index (χ0) is 19.2. The van der Waals surface area contributed by atoms with Gasteiger partial charge in [0.2, 0.25) is 0 Å². The number of methoxy groups -OCH3 is 1. The van der Waals surface area contributed by atoms with E-state index in [4.69, 9.17) is 16.3 Å². The van der Waals surface area contributed by atoms with E-state index in [9.17, 15) is 9.59 Å². The van der Waals surface area contributed by atoms with Crippen molar-refractivity contribution in [3.8, 4) is 5.75 Å². The Hall–Kier alpha value is -2.53. The minimum Gasteiger partial charge on any atom is -0.495 e. The number of carbonyl (C=O) groups excluding carboxylic acids is 2. The monoisotopic (exact) mass is 386 g/mol. The Kier molecular flexibility index (Phi) is 6.35. The maximum Gasteiger partial charge on any atom is 0.255 e. The fourth-order valence-corrected chi connectivity index (χ4v) is 3.46. The van der Waals surface area contributed by atoms with Gasteiger partial charge in [-0.05, 0) is 49.2 Å². The Bertz CT molecular complexity index is 832. The van der Waals surface area contributed by atoms with Crippen molar-refractivity contribution in [3.63, 3.8) is 0 Å². The van der Waals surface area contributed by atoms with Gasteiger partial charge < -0.3 is 15.4 Å². The SMILES string of the molecule is COc1ccc(Cl)cc1NC(=O)c1cccc(C(=O)NC2CCCCC2)c1. The number of ether oxygens (including phenoxy) is 1. The van der Waals surface area contributed by atoms with Crippen molar-refractivity contribution in [2.75, 3.05) is 12.4 Å². The third-order valence-electron chi connectivity index (χ3n) is 4.74. The van der Waals surface area contributed by atoms with E-state index in [-0.39, 0.29) is 17.9 Å². The first-order valence-corrected chi connectivity index (χ1v) is 9.50. The van der Waals surface area contributed by atoms with Gasteiger partial charge in [-0.25, -0.2) is 0 Å². The van der Waals surface area contributed by atoms with E-state index in [0.717, 1.165) is 25.7 Å². The summed E-state index contributed by atoms with van der Waals surface area (Å²) in [5, 5.41) is 6.35. The molecular weight excluding hydrogens is 364 g/mol. The summed E-state index contributed by atoms with van der Waals surface area (Å²) in [4.78, 5) is 25.1. The van der Waals surface area contributed by atoms with Crippen molar-refractivity contribution in [2.24, 2.45) is 0 Å². The molecule has 3 rings (SSSR count). The fourth-order valence-electron chi connectivity index (χ4n) is 3.29. The van der Waals surface area contributed by atoms with Crippen LogP contribution in [0.5, 0.6) is 5.75 Å². The molecule has 5 nitrogen and oxygen atoms in total. The summed E-state index contributed by atoms with van der Waals surface area (Å²) in [6.07, 6.45) is 5.56. The van der Waals surface area contributed by atoms with Gasteiger partial charge in [0, 0.05) is 22.2 Å². The maximum atomic E-state index is 12.6. The van der Waals surface area contributed by atoms with Gasteiger partial charge in [0.05, 0.1) is 12.8 Å². The van der Waals surface area contributed by atoms with Crippen LogP contribution in [0.3, 0.4) is 0 Å². The second-order valence-corrected chi connectivity index (χ2v) is 7.12. The molecule has 0 spiro atoms. The lowest BCUT2D eigenvalue weighted by atomic mass is 9.95. The second kappa shape index (κ2) is 8.91. The molecule has 0 aromatic heterocycles. The average molecular weight is 387 g/mol. The molecule has 142 valence electrons. The fraction of sp³-hybridized carbons (Fsp3) is 0.333. The van der Waals surface area contributed by atoms with Crippen LogP contribution < -0.4 is 15.4 Å². The summed E-state index contributed by atoms with van der Waals surface area (Å²) in [5.74, 6) is 0.0405. The van der Waals surface area contributed by atoms with E-state index in [1.54, 1.807) is 42.5 Å². The Labute approximate surface area is 164 Å². The van der Waals surface area contributed by atoms with Crippen LogP contribution in [0.2, 0.25) is 5.02 Å². The van der Waals surface area contributed by atoms with Gasteiger partial charge >= 0.3 is 0 Å². The molecule has 2 aromatic carbocycles. The van der Waals surface area contributed by atoms with Gasteiger partial charge in [0.25, 0.3) is 11.8 Å². The number of anilines is 1. The highest BCUT2D eigenvalue weighted by atomic mass is 35.5. The van der Waals surface area contributed by atoms with E-state index in [0.29, 0.717) is 27.6 Å². The molecule has 1 fully saturated rings. The number of nitrogens with one attached hydrogen (secondary N) is 2. The van der Waals surface area contributed by atoms with Gasteiger partial charge in [-0.15, -0.1) is 0 Å². The minimum absolute atomic E-state index is 0.142. The summed E-state index contributed by atoms with van der Waals surface area (Å²) in [6.45, 7) is 0. The van der Waals surface area contributed by atoms with Crippen LogP contribution >= 0.6 is 11.6 Å². The van der Waals surface area contributed by atoms with E-state index in [1.165, 1.54) is 13.5 Å². The van der Waals surface area contributed by atoms with E-state index < -0.39 is 0 Å². The number of benzene rings is 2. The lowest BCUT2D eigenvalue weighted by molar-refractivity contribution is 0.0927. The number of halogens is 1. The number of hydrogen-bond acceptors (Lipinski definition) is 3. The molecule has 27 heavy (non-hydrogen) atoms. The quantitative estimate of drug-likeness (QED) is 0.785. The van der Waals surface area contributed by atoms with Crippen LogP contribution in [0.25, 0.3) is 0 Å². The summed E-state index contributed by atoms with van der Waals surface area (Å²) >= 11 is 6.00. The molecule has 0 heterocycles. The molecule has 2 amide bonds. The lowest BCUT2D eigenvalue weighted by Gasteiger charge is -2.22. The predicted molar refractivity (Wildman–Crippen MR) is 107 cm³/mol. The van der Waals surface area contributed by atoms with Crippen LogP contribution in [0.4, 0.5) is 5.69 Å². The van der Waals surface area contributed by atoms with Crippen LogP contribution in [0, 0.1) is 0 Å². The first kappa shape index (κ1) is 19.2. The minimum atomic E-state index is -0.331. The molecule has 2 N–H and O–H groups in total. The van der Waals surface area contributed by atoms with Crippen LogP contribution in [0.1, 0.15) is 52.8 Å². The Morgan fingerprint density at radius 3 is 2.41 bits per heavy atom. The summed E-state index contributed by atoms with van der Waals surface area (Å²) in [5.41, 5.74) is 1.35. The summed E-state index contributed by atoms with van der Waals surface area (Å²) in [6, 6.07) is 11.9. The van der Waals surface area contributed by atoms with Gasteiger partial charge in [0.15, 0.2) is 0 Å². The zero-order valence-corrected chi connectivity index (χ0v) is 16.0. The lowest BCUT2D eigenvalue weighted by Crippen LogP contribution is -2.36. The molecule has 0 saturated heterocycles. The van der Waals surface area contributed by atoms with Gasteiger partial charge in [-0.3, -0.25) is 9.59 Å². The molecule has 0 aliphatic heterocycles. The maximum absolute atomic E-state index is 12.6. The molecule has 0 radical (unpaired) electrons. The number of amides is 2. The predicted octanol–water partition coefficient (Wildman–Crippen LogP) is 4.66. The van der Waals surface area contributed by atoms with Gasteiger partial charge in [0.1, 0.15) is 5.75 Å². The van der Waals surface area contributed by atoms with Crippen molar-refractivity contribution in [3.05, 3.63) is 58.6 Å². The molecule has 0 unspecified atom stereocenters. The van der Waals surface area contributed by atoms with Crippen molar-refractivity contribution in [1.82, 2.24) is 5.32 Å². The highest BCUT2D eigenvalue weighted by Crippen LogP contribution is 2.28. The zero-order valence-electron chi connectivity index (χ0n) is 15.3. The molecule has 2 aromatic rings. The van der Waals surface area contributed by atoms with Crippen molar-refractivity contribution < 1.29 is 14.3 Å². The first-order chi connectivity index (χ1) is 13.1. The first-order valence-electron chi connectivity index (χ1n) is 9.12. The van der Waals surface area contributed by atoms with Crippen LogP contribution in [-0.2, 0) is 0 Å². The summed E-state index contributed by atoms with van der Waals surface area (Å²) < 4.78 is 5.25. The van der Waals surface area contributed by atoms with Crippen LogP contribution in [-0.4, -0.2) is 25.0 Å². The molecule has 1 aliphatic carbocycles. The summed E-state index contributed by atoms with van der Waals surface area (Å²) in [7, 11) is 1.52. The third-order valence-corrected chi connectivity index (χ3v) is 4.97. The van der Waals surface area contributed by atoms with Crippen LogP contribution in [0.15, 0.2) is 42.5 Å². The average Bonchev–Trinajstić information content (AvgIpc) is 2.69. The molecule has 0 atom stereocenters. The van der Waals surface area contributed by atoms with E-state index >= 15 is 0 Å². The molecule has 0 bridgehead atoms. The van der Waals surface area contributed by atoms with Gasteiger partial charge in [-0.1, -0.05) is 36.9 Å². The highest BCUT2D eigenvalue weighted by molar-refractivity contribution is 6.31. The normalized spacial score (nSPS) is 14.4. The molecule has 6 heteroatoms. The Balaban J connectivity index is 1.72. The van der Waals surface area contributed by atoms with Gasteiger partial charge in [-0.2, -0.15) is 0 Å². The van der Waals surface area contributed by atoms with E-state index in [1.807, 2.05) is 0 Å². The number of rotatable bonds is 5. The standard InChI is InChI=1S/C21H23ClN2O3/c1-27-19-11-10-16(22)13-18(19)24-21(26)15-7-5-6-14(12-15)20(25)23-17-8-3-2-4-9-17/h5-7,10-13,17H,2-4,8-9H2,1H3,(H,23,25)(H,24,26). The van der Waals surface area contributed by atoms with Crippen molar-refractivity contribution in [1.29, 1.82) is 0 Å². The topological polar surface area (TPSA) is 67.4 Å². The Morgan fingerprint density at radius 1 is 1.00 bits per heavy atom. The molecule has 1 saturated carbocycles. The van der Waals surface area contributed by atoms with Crippen molar-refractivity contribution in [2.45, 2.75) is 38.1 Å². The smallest absolute Gasteiger partial charge is 0.255 e. The number of carbonyl (C=O) groups is 2. The third kappa shape index (κ3) is 5.01. The molecular formula is C21H23ClN2O3. The Morgan fingerprint density at radius 2 is 1.70 bits per heavy atom. The largest absolute Gasteiger partial charge is 0.495 e.